The van der Waals surface area contributed by atoms with Gasteiger partial charge in [-0.1, -0.05) is 50.2 Å². The zero-order valence-electron chi connectivity index (χ0n) is 18.9. The zero-order valence-corrected chi connectivity index (χ0v) is 19.8. The monoisotopic (exact) mass is 491 g/mol. The Balaban J connectivity index is 1.64. The van der Waals surface area contributed by atoms with Gasteiger partial charge in [0.1, 0.15) is 23.2 Å². The highest BCUT2D eigenvalue weighted by Crippen LogP contribution is 2.16. The van der Waals surface area contributed by atoms with Gasteiger partial charge in [0, 0.05) is 31.6 Å². The van der Waals surface area contributed by atoms with Gasteiger partial charge in [-0.25, -0.2) is 17.2 Å². The smallest absolute Gasteiger partial charge is 0.257 e. The number of hydrogen-bond donors (Lipinski definition) is 1. The largest absolute Gasteiger partial charge is 0.340 e. The lowest BCUT2D eigenvalue weighted by atomic mass is 10.0. The van der Waals surface area contributed by atoms with Gasteiger partial charge in [0.2, 0.25) is 15.9 Å². The van der Waals surface area contributed by atoms with Crippen LogP contribution in [0.25, 0.3) is 6.08 Å². The molecule has 1 N–H and O–H groups in total. The van der Waals surface area contributed by atoms with Gasteiger partial charge in [-0.15, -0.1) is 0 Å². The molecule has 182 valence electrons. The predicted octanol–water partition coefficient (Wildman–Crippen LogP) is 2.86. The molecule has 2 aromatic rings. The molecule has 2 amide bonds. The number of amides is 2. The van der Waals surface area contributed by atoms with E-state index in [9.17, 15) is 26.8 Å². The Morgan fingerprint density at radius 1 is 0.941 bits per heavy atom. The molecule has 0 spiro atoms. The molecule has 2 aromatic carbocycles. The standard InChI is InChI=1S/C24H27F2N3O4S/c1-17(2)22(27-23(30)21-19(25)9-6-10-20(21)26)24(31)28-12-14-29(15-13-28)34(32,33)16-11-18-7-4-3-5-8-18/h3-11,16-17,22H,12-15H2,1-2H3,(H,27,30)/b16-11+. The van der Waals surface area contributed by atoms with Crippen molar-refractivity contribution in [3.8, 4) is 0 Å². The molecule has 7 nitrogen and oxygen atoms in total. The maximum absolute atomic E-state index is 14.0. The number of rotatable bonds is 7. The summed E-state index contributed by atoms with van der Waals surface area (Å²) in [6, 6.07) is 11.1. The van der Waals surface area contributed by atoms with E-state index in [2.05, 4.69) is 5.32 Å². The number of piperazine rings is 1. The highest BCUT2D eigenvalue weighted by Gasteiger charge is 2.34. The zero-order chi connectivity index (χ0) is 24.9. The molecule has 0 aliphatic carbocycles. The van der Waals surface area contributed by atoms with Crippen molar-refractivity contribution in [2.24, 2.45) is 5.92 Å². The van der Waals surface area contributed by atoms with Crippen LogP contribution in [-0.4, -0.2) is 61.7 Å². The fourth-order valence-electron chi connectivity index (χ4n) is 3.62. The maximum atomic E-state index is 14.0. The molecule has 1 unspecified atom stereocenters. The molecule has 10 heteroatoms. The first-order chi connectivity index (χ1) is 16.1. The molecule has 1 fully saturated rings. The van der Waals surface area contributed by atoms with Crippen molar-refractivity contribution >= 4 is 27.9 Å². The van der Waals surface area contributed by atoms with Gasteiger partial charge >= 0.3 is 0 Å². The quantitative estimate of drug-likeness (QED) is 0.645. The fraction of sp³-hybridized carbons (Fsp3) is 0.333. The third kappa shape index (κ3) is 6.06. The van der Waals surface area contributed by atoms with Crippen LogP contribution < -0.4 is 5.32 Å². The first-order valence-corrected chi connectivity index (χ1v) is 12.4. The second-order valence-electron chi connectivity index (χ2n) is 8.27. The molecule has 1 heterocycles. The first kappa shape index (κ1) is 25.5. The summed E-state index contributed by atoms with van der Waals surface area (Å²) in [5.41, 5.74) is 0.00348. The third-order valence-electron chi connectivity index (χ3n) is 5.55. The van der Waals surface area contributed by atoms with E-state index in [1.807, 2.05) is 6.07 Å². The molecule has 0 radical (unpaired) electrons. The Hall–Kier alpha value is -3.11. The van der Waals surface area contributed by atoms with Crippen LogP contribution in [0.3, 0.4) is 0 Å². The Morgan fingerprint density at radius 3 is 2.09 bits per heavy atom. The van der Waals surface area contributed by atoms with Gasteiger partial charge in [-0.3, -0.25) is 9.59 Å². The first-order valence-electron chi connectivity index (χ1n) is 10.9. The Bertz CT molecular complexity index is 1140. The van der Waals surface area contributed by atoms with E-state index < -0.39 is 45.1 Å². The van der Waals surface area contributed by atoms with Crippen molar-refractivity contribution in [2.75, 3.05) is 26.2 Å². The highest BCUT2D eigenvalue weighted by atomic mass is 32.2. The number of benzene rings is 2. The Kier molecular flexibility index (Phi) is 8.16. The lowest BCUT2D eigenvalue weighted by Crippen LogP contribution is -2.57. The van der Waals surface area contributed by atoms with Crippen molar-refractivity contribution < 1.29 is 26.8 Å². The summed E-state index contributed by atoms with van der Waals surface area (Å²) in [5, 5.41) is 3.58. The number of nitrogens with one attached hydrogen (secondary N) is 1. The van der Waals surface area contributed by atoms with Crippen molar-refractivity contribution in [3.05, 3.63) is 76.7 Å². The van der Waals surface area contributed by atoms with Crippen molar-refractivity contribution in [1.82, 2.24) is 14.5 Å². The average Bonchev–Trinajstić information content (AvgIpc) is 2.81. The summed E-state index contributed by atoms with van der Waals surface area (Å²) >= 11 is 0. The normalized spacial score (nSPS) is 16.1. The molecule has 3 rings (SSSR count). The molecule has 34 heavy (non-hydrogen) atoms. The molecule has 1 atom stereocenters. The van der Waals surface area contributed by atoms with Crippen LogP contribution in [0.1, 0.15) is 29.8 Å². The van der Waals surface area contributed by atoms with E-state index in [1.54, 1.807) is 38.1 Å². The third-order valence-corrected chi connectivity index (χ3v) is 7.12. The second kappa shape index (κ2) is 10.9. The van der Waals surface area contributed by atoms with E-state index in [4.69, 9.17) is 0 Å². The lowest BCUT2D eigenvalue weighted by molar-refractivity contribution is -0.135. The van der Waals surface area contributed by atoms with Gasteiger partial charge in [-0.2, -0.15) is 4.31 Å². The maximum Gasteiger partial charge on any atom is 0.257 e. The van der Waals surface area contributed by atoms with Crippen LogP contribution in [0.2, 0.25) is 0 Å². The number of halogens is 2. The number of hydrogen-bond acceptors (Lipinski definition) is 4. The van der Waals surface area contributed by atoms with Crippen LogP contribution >= 0.6 is 0 Å². The highest BCUT2D eigenvalue weighted by molar-refractivity contribution is 7.92. The molecule has 0 bridgehead atoms. The summed E-state index contributed by atoms with van der Waals surface area (Å²) in [6.45, 7) is 3.85. The fourth-order valence-corrected chi connectivity index (χ4v) is 4.79. The summed E-state index contributed by atoms with van der Waals surface area (Å²) in [7, 11) is -3.67. The van der Waals surface area contributed by atoms with Gasteiger partial charge in [0.15, 0.2) is 0 Å². The summed E-state index contributed by atoms with van der Waals surface area (Å²) in [6.07, 6.45) is 1.51. The van der Waals surface area contributed by atoms with Crippen LogP contribution in [0.4, 0.5) is 8.78 Å². The van der Waals surface area contributed by atoms with Crippen LogP contribution in [0, 0.1) is 17.6 Å². The van der Waals surface area contributed by atoms with E-state index in [0.717, 1.165) is 29.2 Å². The minimum absolute atomic E-state index is 0.0912. The summed E-state index contributed by atoms with van der Waals surface area (Å²) in [5.74, 6) is -3.85. The van der Waals surface area contributed by atoms with Crippen molar-refractivity contribution in [2.45, 2.75) is 19.9 Å². The van der Waals surface area contributed by atoms with E-state index in [1.165, 1.54) is 15.3 Å². The van der Waals surface area contributed by atoms with Crippen LogP contribution in [0.5, 0.6) is 0 Å². The van der Waals surface area contributed by atoms with Crippen LogP contribution in [0.15, 0.2) is 53.9 Å². The van der Waals surface area contributed by atoms with E-state index >= 15 is 0 Å². The molecular formula is C24H27F2N3O4S. The van der Waals surface area contributed by atoms with Gasteiger partial charge in [-0.05, 0) is 29.7 Å². The van der Waals surface area contributed by atoms with Crippen LogP contribution in [-0.2, 0) is 14.8 Å². The second-order valence-corrected chi connectivity index (χ2v) is 10.1. The van der Waals surface area contributed by atoms with E-state index in [0.29, 0.717) is 0 Å². The molecule has 1 aliphatic heterocycles. The van der Waals surface area contributed by atoms with Gasteiger partial charge in [0.25, 0.3) is 5.91 Å². The number of carbonyl (C=O) groups excluding carboxylic acids is 2. The minimum atomic E-state index is -3.67. The Labute approximate surface area is 198 Å². The molecule has 0 aromatic heterocycles. The van der Waals surface area contributed by atoms with Crippen molar-refractivity contribution in [3.63, 3.8) is 0 Å². The summed E-state index contributed by atoms with van der Waals surface area (Å²) in [4.78, 5) is 27.0. The Morgan fingerprint density at radius 2 is 1.53 bits per heavy atom. The lowest BCUT2D eigenvalue weighted by Gasteiger charge is -2.36. The number of sulfonamides is 1. The topological polar surface area (TPSA) is 86.8 Å². The van der Waals surface area contributed by atoms with E-state index in [-0.39, 0.29) is 32.1 Å². The number of carbonyl (C=O) groups is 2. The average molecular weight is 492 g/mol. The molecule has 1 saturated heterocycles. The predicted molar refractivity (Wildman–Crippen MR) is 125 cm³/mol. The van der Waals surface area contributed by atoms with Gasteiger partial charge < -0.3 is 10.2 Å². The van der Waals surface area contributed by atoms with Crippen molar-refractivity contribution in [1.29, 1.82) is 0 Å². The number of nitrogens with zero attached hydrogens (tertiary/aromatic N) is 2. The molecule has 1 aliphatic rings. The molecule has 0 saturated carbocycles. The SMILES string of the molecule is CC(C)C(NC(=O)c1c(F)cccc1F)C(=O)N1CCN(S(=O)(=O)/C=C/c2ccccc2)CC1. The summed E-state index contributed by atoms with van der Waals surface area (Å²) < 4.78 is 54.5. The minimum Gasteiger partial charge on any atom is -0.340 e. The molecular weight excluding hydrogens is 464 g/mol. The van der Waals surface area contributed by atoms with Gasteiger partial charge in [0.05, 0.1) is 0 Å².